The van der Waals surface area contributed by atoms with Gasteiger partial charge in [-0.25, -0.2) is 4.39 Å². The van der Waals surface area contributed by atoms with Crippen molar-refractivity contribution < 1.29 is 9.18 Å². The van der Waals surface area contributed by atoms with Gasteiger partial charge in [0, 0.05) is 13.5 Å². The summed E-state index contributed by atoms with van der Waals surface area (Å²) in [5.41, 5.74) is 0.190. The minimum Gasteiger partial charge on any atom is -0.323 e. The van der Waals surface area contributed by atoms with E-state index in [9.17, 15) is 9.18 Å². The van der Waals surface area contributed by atoms with Crippen LogP contribution in [-0.4, -0.2) is 26.4 Å². The predicted octanol–water partition coefficient (Wildman–Crippen LogP) is 3.03. The maximum Gasteiger partial charge on any atom is 0.234 e. The molecule has 0 fully saturated rings. The van der Waals surface area contributed by atoms with E-state index < -0.39 is 5.82 Å². The number of nitrogens with zero attached hydrogens (tertiary/aromatic N) is 3. The third-order valence-electron chi connectivity index (χ3n) is 3.16. The summed E-state index contributed by atoms with van der Waals surface area (Å²) in [7, 11) is 1.89. The van der Waals surface area contributed by atoms with Gasteiger partial charge in [0.2, 0.25) is 5.91 Å². The van der Waals surface area contributed by atoms with E-state index in [1.807, 2.05) is 11.6 Å². The zero-order chi connectivity index (χ0) is 15.9. The van der Waals surface area contributed by atoms with Crippen molar-refractivity contribution in [3.05, 3.63) is 35.9 Å². The standard InChI is InChI=1S/C15H19FN4OS/c1-3-4-9-13-18-19-15(20(13)2)22-10-14(21)17-12-8-6-5-7-11(12)16/h5-8H,3-4,9-10H2,1-2H3,(H,17,21). The Bertz CT molecular complexity index is 644. The lowest BCUT2D eigenvalue weighted by Gasteiger charge is -2.06. The molecule has 5 nitrogen and oxygen atoms in total. The first-order valence-electron chi connectivity index (χ1n) is 7.17. The number of hydrogen-bond donors (Lipinski definition) is 1. The van der Waals surface area contributed by atoms with E-state index in [1.54, 1.807) is 12.1 Å². The van der Waals surface area contributed by atoms with Crippen LogP contribution in [0.15, 0.2) is 29.4 Å². The highest BCUT2D eigenvalue weighted by Crippen LogP contribution is 2.18. The monoisotopic (exact) mass is 322 g/mol. The fourth-order valence-corrected chi connectivity index (χ4v) is 2.63. The van der Waals surface area contributed by atoms with Gasteiger partial charge < -0.3 is 9.88 Å². The number of benzene rings is 1. The highest BCUT2D eigenvalue weighted by molar-refractivity contribution is 7.99. The number of anilines is 1. The number of carbonyl (C=O) groups is 1. The van der Waals surface area contributed by atoms with Gasteiger partial charge in [-0.2, -0.15) is 0 Å². The lowest BCUT2D eigenvalue weighted by Crippen LogP contribution is -2.15. The zero-order valence-corrected chi connectivity index (χ0v) is 13.5. The zero-order valence-electron chi connectivity index (χ0n) is 12.7. The van der Waals surface area contributed by atoms with E-state index in [4.69, 9.17) is 0 Å². The molecule has 0 bridgehead atoms. The van der Waals surface area contributed by atoms with Gasteiger partial charge in [0.05, 0.1) is 11.4 Å². The SMILES string of the molecule is CCCCc1nnc(SCC(=O)Nc2ccccc2F)n1C. The molecule has 1 aromatic heterocycles. The molecule has 22 heavy (non-hydrogen) atoms. The first kappa shape index (κ1) is 16.5. The van der Waals surface area contributed by atoms with E-state index in [2.05, 4.69) is 22.4 Å². The highest BCUT2D eigenvalue weighted by atomic mass is 32.2. The second-order valence-corrected chi connectivity index (χ2v) is 5.82. The fourth-order valence-electron chi connectivity index (χ4n) is 1.90. The van der Waals surface area contributed by atoms with Gasteiger partial charge in [0.25, 0.3) is 0 Å². The van der Waals surface area contributed by atoms with Crippen LogP contribution in [0.3, 0.4) is 0 Å². The summed E-state index contributed by atoms with van der Waals surface area (Å²) in [6.45, 7) is 2.12. The topological polar surface area (TPSA) is 59.8 Å². The smallest absolute Gasteiger partial charge is 0.234 e. The normalized spacial score (nSPS) is 10.7. The van der Waals surface area contributed by atoms with Crippen LogP contribution < -0.4 is 5.32 Å². The van der Waals surface area contributed by atoms with Crippen LogP contribution in [0, 0.1) is 5.82 Å². The Kier molecular flexibility index (Phi) is 5.94. The molecule has 1 amide bonds. The number of aromatic nitrogens is 3. The van der Waals surface area contributed by atoms with Crippen LogP contribution in [-0.2, 0) is 18.3 Å². The molecule has 0 radical (unpaired) electrons. The largest absolute Gasteiger partial charge is 0.323 e. The Morgan fingerprint density at radius 3 is 2.86 bits per heavy atom. The maximum absolute atomic E-state index is 13.5. The molecule has 0 aliphatic heterocycles. The minimum absolute atomic E-state index is 0.161. The number of amides is 1. The third kappa shape index (κ3) is 4.30. The molecule has 0 unspecified atom stereocenters. The molecule has 0 atom stereocenters. The van der Waals surface area contributed by atoms with Crippen LogP contribution >= 0.6 is 11.8 Å². The molecule has 1 aromatic carbocycles. The van der Waals surface area contributed by atoms with Crippen molar-refractivity contribution in [2.75, 3.05) is 11.1 Å². The number of halogens is 1. The Morgan fingerprint density at radius 2 is 2.14 bits per heavy atom. The molecule has 0 aliphatic rings. The van der Waals surface area contributed by atoms with Crippen molar-refractivity contribution in [1.29, 1.82) is 0 Å². The number of unbranched alkanes of at least 4 members (excludes halogenated alkanes) is 1. The van der Waals surface area contributed by atoms with Crippen molar-refractivity contribution in [2.45, 2.75) is 31.3 Å². The fraction of sp³-hybridized carbons (Fsp3) is 0.400. The lowest BCUT2D eigenvalue weighted by atomic mass is 10.2. The summed E-state index contributed by atoms with van der Waals surface area (Å²) in [5, 5.41) is 11.5. The van der Waals surface area contributed by atoms with Crippen molar-refractivity contribution in [2.24, 2.45) is 7.05 Å². The van der Waals surface area contributed by atoms with Gasteiger partial charge in [-0.3, -0.25) is 4.79 Å². The average molecular weight is 322 g/mol. The number of carbonyl (C=O) groups excluding carboxylic acids is 1. The first-order valence-corrected chi connectivity index (χ1v) is 8.15. The number of para-hydroxylation sites is 1. The molecule has 1 heterocycles. The van der Waals surface area contributed by atoms with E-state index in [0.29, 0.717) is 5.16 Å². The third-order valence-corrected chi connectivity index (χ3v) is 4.18. The molecule has 0 aliphatic carbocycles. The molecule has 0 saturated carbocycles. The molecule has 7 heteroatoms. The molecule has 0 spiro atoms. The second kappa shape index (κ2) is 7.93. The summed E-state index contributed by atoms with van der Waals surface area (Å²) < 4.78 is 15.4. The van der Waals surface area contributed by atoms with Gasteiger partial charge in [-0.05, 0) is 18.6 Å². The minimum atomic E-state index is -0.443. The molecule has 2 aromatic rings. The van der Waals surface area contributed by atoms with E-state index >= 15 is 0 Å². The molecule has 1 N–H and O–H groups in total. The van der Waals surface area contributed by atoms with Crippen LogP contribution in [0.1, 0.15) is 25.6 Å². The number of rotatable bonds is 7. The molecule has 2 rings (SSSR count). The Labute approximate surface area is 133 Å². The summed E-state index contributed by atoms with van der Waals surface area (Å²) >= 11 is 1.29. The number of aryl methyl sites for hydroxylation is 1. The van der Waals surface area contributed by atoms with Crippen LogP contribution in [0.2, 0.25) is 0 Å². The maximum atomic E-state index is 13.5. The van der Waals surface area contributed by atoms with Gasteiger partial charge in [0.1, 0.15) is 11.6 Å². The molecule has 118 valence electrons. The van der Waals surface area contributed by atoms with Crippen molar-refractivity contribution in [1.82, 2.24) is 14.8 Å². The van der Waals surface area contributed by atoms with E-state index in [1.165, 1.54) is 23.9 Å². The summed E-state index contributed by atoms with van der Waals surface area (Å²) in [4.78, 5) is 11.9. The van der Waals surface area contributed by atoms with Crippen molar-refractivity contribution in [3.63, 3.8) is 0 Å². The van der Waals surface area contributed by atoms with Gasteiger partial charge in [-0.15, -0.1) is 10.2 Å². The van der Waals surface area contributed by atoms with Gasteiger partial charge in [0.15, 0.2) is 5.16 Å². The molecular weight excluding hydrogens is 303 g/mol. The summed E-state index contributed by atoms with van der Waals surface area (Å²) in [5.74, 6) is 0.363. The Hall–Kier alpha value is -1.89. The van der Waals surface area contributed by atoms with Crippen LogP contribution in [0.25, 0.3) is 0 Å². The number of thioether (sulfide) groups is 1. The van der Waals surface area contributed by atoms with E-state index in [0.717, 1.165) is 25.1 Å². The molecular formula is C15H19FN4OS. The van der Waals surface area contributed by atoms with Crippen molar-refractivity contribution in [3.8, 4) is 0 Å². The number of hydrogen-bond acceptors (Lipinski definition) is 4. The van der Waals surface area contributed by atoms with Crippen molar-refractivity contribution >= 4 is 23.4 Å². The average Bonchev–Trinajstić information content (AvgIpc) is 2.86. The molecule has 0 saturated heterocycles. The summed E-state index contributed by atoms with van der Waals surface area (Å²) in [6.07, 6.45) is 3.03. The number of nitrogens with one attached hydrogen (secondary N) is 1. The highest BCUT2D eigenvalue weighted by Gasteiger charge is 2.12. The Balaban J connectivity index is 1.89. The Morgan fingerprint density at radius 1 is 1.36 bits per heavy atom. The predicted molar refractivity (Wildman–Crippen MR) is 85.4 cm³/mol. The lowest BCUT2D eigenvalue weighted by molar-refractivity contribution is -0.113. The van der Waals surface area contributed by atoms with Crippen LogP contribution in [0.4, 0.5) is 10.1 Å². The van der Waals surface area contributed by atoms with Gasteiger partial charge in [-0.1, -0.05) is 37.2 Å². The summed E-state index contributed by atoms with van der Waals surface area (Å²) in [6, 6.07) is 6.10. The quantitative estimate of drug-likeness (QED) is 0.796. The second-order valence-electron chi connectivity index (χ2n) is 4.88. The van der Waals surface area contributed by atoms with Crippen LogP contribution in [0.5, 0.6) is 0 Å². The van der Waals surface area contributed by atoms with E-state index in [-0.39, 0.29) is 17.3 Å². The first-order chi connectivity index (χ1) is 10.6. The van der Waals surface area contributed by atoms with Gasteiger partial charge >= 0.3 is 0 Å².